The van der Waals surface area contributed by atoms with Crippen molar-refractivity contribution in [3.63, 3.8) is 0 Å². The Labute approximate surface area is 87.6 Å². The van der Waals surface area contributed by atoms with Gasteiger partial charge >= 0.3 is 0 Å². The molecule has 2 bridgehead atoms. The van der Waals surface area contributed by atoms with Gasteiger partial charge in [-0.2, -0.15) is 0 Å². The highest BCUT2D eigenvalue weighted by Crippen LogP contribution is 2.51. The molecule has 1 spiro atoms. The number of ether oxygens (including phenoxy) is 2. The first kappa shape index (κ1) is 9.99. The van der Waals surface area contributed by atoms with E-state index in [2.05, 4.69) is 0 Å². The van der Waals surface area contributed by atoms with E-state index >= 15 is 0 Å². The van der Waals surface area contributed by atoms with Crippen molar-refractivity contribution < 1.29 is 24.8 Å². The zero-order chi connectivity index (χ0) is 10.7. The van der Waals surface area contributed by atoms with Gasteiger partial charge < -0.3 is 24.8 Å². The molecule has 5 atom stereocenters. The molecule has 5 nitrogen and oxygen atoms in total. The summed E-state index contributed by atoms with van der Waals surface area (Å²) in [6.07, 6.45) is -0.149. The molecule has 0 radical (unpaired) electrons. The lowest BCUT2D eigenvalue weighted by molar-refractivity contribution is -0.310. The van der Waals surface area contributed by atoms with E-state index in [1.165, 1.54) is 0 Å². The molecule has 3 N–H and O–H groups in total. The number of hydrogen-bond donors (Lipinski definition) is 3. The van der Waals surface area contributed by atoms with Crippen LogP contribution in [-0.2, 0) is 9.47 Å². The highest BCUT2D eigenvalue weighted by atomic mass is 16.8. The van der Waals surface area contributed by atoms with Crippen LogP contribution in [0.3, 0.4) is 0 Å². The first-order valence-corrected chi connectivity index (χ1v) is 5.47. The van der Waals surface area contributed by atoms with Crippen molar-refractivity contribution in [3.05, 3.63) is 0 Å². The molecule has 2 aliphatic heterocycles. The summed E-state index contributed by atoms with van der Waals surface area (Å²) in [6.45, 7) is 0.266. The second-order valence-electron chi connectivity index (χ2n) is 4.86. The minimum atomic E-state index is -1.35. The Morgan fingerprint density at radius 2 is 1.87 bits per heavy atom. The van der Waals surface area contributed by atoms with Gasteiger partial charge in [0.1, 0.15) is 23.4 Å². The summed E-state index contributed by atoms with van der Waals surface area (Å²) >= 11 is 0. The Bertz CT molecular complexity index is 283. The fourth-order valence-electron chi connectivity index (χ4n) is 3.13. The molecule has 0 aromatic rings. The van der Waals surface area contributed by atoms with Gasteiger partial charge in [-0.05, 0) is 12.8 Å². The Morgan fingerprint density at radius 1 is 1.13 bits per heavy atom. The lowest BCUT2D eigenvalue weighted by Gasteiger charge is -2.52. The summed E-state index contributed by atoms with van der Waals surface area (Å²) in [6, 6.07) is 0. The van der Waals surface area contributed by atoms with Crippen LogP contribution < -0.4 is 0 Å². The average molecular weight is 216 g/mol. The molecule has 1 saturated carbocycles. The van der Waals surface area contributed by atoms with Gasteiger partial charge in [-0.3, -0.25) is 0 Å². The second kappa shape index (κ2) is 2.93. The molecule has 3 aliphatic rings. The van der Waals surface area contributed by atoms with E-state index < -0.39 is 29.7 Å². The number of fused-ring (bicyclic) bond motifs is 1. The molecule has 0 unspecified atom stereocenters. The Morgan fingerprint density at radius 3 is 2.67 bits per heavy atom. The van der Waals surface area contributed by atoms with Gasteiger partial charge in [0.15, 0.2) is 6.29 Å². The van der Waals surface area contributed by atoms with Gasteiger partial charge in [-0.15, -0.1) is 0 Å². The summed E-state index contributed by atoms with van der Waals surface area (Å²) in [4.78, 5) is 0. The minimum Gasteiger partial charge on any atom is -0.387 e. The molecule has 3 rings (SSSR count). The van der Waals surface area contributed by atoms with Gasteiger partial charge in [-0.25, -0.2) is 0 Å². The summed E-state index contributed by atoms with van der Waals surface area (Å²) in [5.74, 6) is 0. The SMILES string of the molecule is O[C@H]1[C@H]2OC[C@@]3(CCCC[C@@]3(O)[C@H]1O)O2. The van der Waals surface area contributed by atoms with Crippen LogP contribution >= 0.6 is 0 Å². The molecular weight excluding hydrogens is 200 g/mol. The Hall–Kier alpha value is -0.200. The third-order valence-corrected chi connectivity index (χ3v) is 4.09. The first-order chi connectivity index (χ1) is 7.09. The van der Waals surface area contributed by atoms with Crippen molar-refractivity contribution in [1.82, 2.24) is 0 Å². The lowest BCUT2D eigenvalue weighted by Crippen LogP contribution is -2.70. The molecule has 0 aromatic heterocycles. The zero-order valence-electron chi connectivity index (χ0n) is 8.43. The molecule has 15 heavy (non-hydrogen) atoms. The van der Waals surface area contributed by atoms with E-state index in [0.717, 1.165) is 12.8 Å². The maximum atomic E-state index is 10.5. The van der Waals surface area contributed by atoms with Crippen LogP contribution in [0.2, 0.25) is 0 Å². The van der Waals surface area contributed by atoms with Crippen molar-refractivity contribution in [2.75, 3.05) is 6.61 Å². The molecule has 2 heterocycles. The molecule has 86 valence electrons. The van der Waals surface area contributed by atoms with Crippen molar-refractivity contribution >= 4 is 0 Å². The van der Waals surface area contributed by atoms with Gasteiger partial charge in [-0.1, -0.05) is 12.8 Å². The smallest absolute Gasteiger partial charge is 0.187 e. The molecular formula is C10H16O5. The average Bonchev–Trinajstić information content (AvgIpc) is 2.63. The summed E-state index contributed by atoms with van der Waals surface area (Å²) in [5, 5.41) is 30.1. The fraction of sp³-hybridized carbons (Fsp3) is 1.00. The topological polar surface area (TPSA) is 79.2 Å². The Balaban J connectivity index is 2.03. The molecule has 3 fully saturated rings. The largest absolute Gasteiger partial charge is 0.387 e. The van der Waals surface area contributed by atoms with E-state index in [1.807, 2.05) is 0 Å². The molecule has 1 aliphatic carbocycles. The van der Waals surface area contributed by atoms with Crippen LogP contribution in [0.15, 0.2) is 0 Å². The van der Waals surface area contributed by atoms with Crippen molar-refractivity contribution in [3.8, 4) is 0 Å². The number of aliphatic hydroxyl groups excluding tert-OH is 2. The van der Waals surface area contributed by atoms with Crippen molar-refractivity contribution in [1.29, 1.82) is 0 Å². The van der Waals surface area contributed by atoms with E-state index in [9.17, 15) is 15.3 Å². The molecule has 2 saturated heterocycles. The third kappa shape index (κ3) is 1.05. The fourth-order valence-corrected chi connectivity index (χ4v) is 3.13. The van der Waals surface area contributed by atoms with E-state index in [0.29, 0.717) is 12.8 Å². The lowest BCUT2D eigenvalue weighted by atomic mass is 9.67. The maximum absolute atomic E-state index is 10.5. The van der Waals surface area contributed by atoms with Crippen LogP contribution in [0.5, 0.6) is 0 Å². The summed E-state index contributed by atoms with van der Waals surface area (Å²) < 4.78 is 10.9. The minimum absolute atomic E-state index is 0.266. The van der Waals surface area contributed by atoms with E-state index in [4.69, 9.17) is 9.47 Å². The highest BCUT2D eigenvalue weighted by molar-refractivity contribution is 5.15. The Kier molecular flexibility index (Phi) is 1.95. The molecule has 5 heteroatoms. The quantitative estimate of drug-likeness (QED) is 0.491. The standard InChI is InChI=1S/C10H16O5/c11-6-7(12)10(13)4-2-1-3-9(10)5-14-8(6)15-9/h6-8,11-13H,1-5H2/t6-,7+,8+,9-,10-/m1/s1. The predicted octanol–water partition coefficient (Wildman–Crippen LogP) is -0.861. The van der Waals surface area contributed by atoms with Crippen molar-refractivity contribution in [2.24, 2.45) is 0 Å². The van der Waals surface area contributed by atoms with Crippen LogP contribution in [0.25, 0.3) is 0 Å². The normalized spacial score (nSPS) is 59.0. The summed E-state index contributed by atoms with van der Waals surface area (Å²) in [7, 11) is 0. The molecule has 0 aromatic carbocycles. The van der Waals surface area contributed by atoms with Crippen LogP contribution in [0, 0.1) is 0 Å². The zero-order valence-corrected chi connectivity index (χ0v) is 8.43. The first-order valence-electron chi connectivity index (χ1n) is 5.47. The van der Waals surface area contributed by atoms with Crippen LogP contribution in [0.1, 0.15) is 25.7 Å². The number of aliphatic hydroxyl groups is 3. The second-order valence-corrected chi connectivity index (χ2v) is 4.86. The maximum Gasteiger partial charge on any atom is 0.187 e. The monoisotopic (exact) mass is 216 g/mol. The van der Waals surface area contributed by atoms with Gasteiger partial charge in [0.05, 0.1) is 6.61 Å². The molecule has 0 amide bonds. The van der Waals surface area contributed by atoms with Gasteiger partial charge in [0.2, 0.25) is 0 Å². The summed E-state index contributed by atoms with van der Waals surface area (Å²) in [5.41, 5.74) is -2.15. The van der Waals surface area contributed by atoms with Crippen LogP contribution in [-0.4, -0.2) is 51.6 Å². The third-order valence-electron chi connectivity index (χ3n) is 4.09. The van der Waals surface area contributed by atoms with E-state index in [-0.39, 0.29) is 6.61 Å². The van der Waals surface area contributed by atoms with Crippen molar-refractivity contribution in [2.45, 2.75) is 55.4 Å². The highest BCUT2D eigenvalue weighted by Gasteiger charge is 2.67. The number of rotatable bonds is 0. The van der Waals surface area contributed by atoms with Crippen LogP contribution in [0.4, 0.5) is 0 Å². The van der Waals surface area contributed by atoms with E-state index in [1.54, 1.807) is 0 Å². The predicted molar refractivity (Wildman–Crippen MR) is 49.0 cm³/mol. The van der Waals surface area contributed by atoms with Gasteiger partial charge in [0, 0.05) is 0 Å². The number of hydrogen-bond acceptors (Lipinski definition) is 5. The van der Waals surface area contributed by atoms with Gasteiger partial charge in [0.25, 0.3) is 0 Å².